The Morgan fingerprint density at radius 2 is 1.24 bits per heavy atom. The number of quaternary nitrogens is 1. The van der Waals surface area contributed by atoms with Gasteiger partial charge in [-0.05, 0) is 6.92 Å². The molecule has 0 aromatic heterocycles. The minimum Gasteiger partial charge on any atom is -0.776 e. The Hall–Kier alpha value is 0.100. The molecule has 21 heavy (non-hydrogen) atoms. The number of aliphatic hydroxyl groups excluding tert-OH is 3. The molecule has 0 aliphatic rings. The highest BCUT2D eigenvalue weighted by Crippen LogP contribution is 2.64. The largest absolute Gasteiger partial charge is 0.776 e. The second-order valence-corrected chi connectivity index (χ2v) is 8.43. The number of nitrogens with one attached hydrogen (secondary N) is 1. The van der Waals surface area contributed by atoms with Gasteiger partial charge in [0.25, 0.3) is 0 Å². The molecule has 13 heteroatoms. The fourth-order valence-corrected chi connectivity index (χ4v) is 2.33. The van der Waals surface area contributed by atoms with Crippen LogP contribution in [0.1, 0.15) is 6.92 Å². The van der Waals surface area contributed by atoms with Crippen LogP contribution in [-0.2, 0) is 9.13 Å². The van der Waals surface area contributed by atoms with Crippen molar-refractivity contribution >= 4 is 15.2 Å². The summed E-state index contributed by atoms with van der Waals surface area (Å²) < 4.78 is 20.4. The number of hydrogen-bond acceptors (Lipinski definition) is 7. The third-order valence-electron chi connectivity index (χ3n) is 2.48. The van der Waals surface area contributed by atoms with Crippen molar-refractivity contribution in [3.63, 3.8) is 0 Å². The first-order chi connectivity index (χ1) is 9.35. The SMILES string of the molecule is CC(O)(P(=O)([O-])O)P(=O)(O)O.OCC[NH+](CCO)CCO. The third-order valence-corrected chi connectivity index (χ3v) is 6.20. The van der Waals surface area contributed by atoms with Crippen molar-refractivity contribution in [2.75, 3.05) is 39.5 Å². The molecule has 130 valence electrons. The summed E-state index contributed by atoms with van der Waals surface area (Å²) in [5.74, 6) is 0. The lowest BCUT2D eigenvalue weighted by atomic mass is 10.4. The van der Waals surface area contributed by atoms with Crippen LogP contribution in [0.15, 0.2) is 0 Å². The van der Waals surface area contributed by atoms with E-state index in [2.05, 4.69) is 0 Å². The van der Waals surface area contributed by atoms with E-state index in [-0.39, 0.29) is 19.8 Å². The van der Waals surface area contributed by atoms with Crippen molar-refractivity contribution in [2.24, 2.45) is 0 Å². The van der Waals surface area contributed by atoms with E-state index in [0.717, 1.165) is 4.90 Å². The molecule has 0 radical (unpaired) electrons. The van der Waals surface area contributed by atoms with Gasteiger partial charge in [-0.2, -0.15) is 0 Å². The van der Waals surface area contributed by atoms with Gasteiger partial charge in [0.05, 0.1) is 19.8 Å². The first-order valence-electron chi connectivity index (χ1n) is 5.83. The highest BCUT2D eigenvalue weighted by atomic mass is 31.2. The molecule has 8 N–H and O–H groups in total. The van der Waals surface area contributed by atoms with Gasteiger partial charge >= 0.3 is 7.60 Å². The Morgan fingerprint density at radius 3 is 1.33 bits per heavy atom. The van der Waals surface area contributed by atoms with E-state index in [1.807, 2.05) is 0 Å². The van der Waals surface area contributed by atoms with Gasteiger partial charge in [0, 0.05) is 0 Å². The van der Waals surface area contributed by atoms with E-state index < -0.39 is 20.3 Å². The van der Waals surface area contributed by atoms with Crippen LogP contribution in [0.4, 0.5) is 0 Å². The summed E-state index contributed by atoms with van der Waals surface area (Å²) in [5.41, 5.74) is 0. The van der Waals surface area contributed by atoms with Gasteiger partial charge in [0.2, 0.25) is 5.08 Å². The third kappa shape index (κ3) is 8.97. The molecule has 0 aliphatic heterocycles. The van der Waals surface area contributed by atoms with Gasteiger partial charge in [-0.1, -0.05) is 0 Å². The summed E-state index contributed by atoms with van der Waals surface area (Å²) in [6, 6.07) is 0. The van der Waals surface area contributed by atoms with E-state index in [9.17, 15) is 14.0 Å². The molecule has 0 heterocycles. The van der Waals surface area contributed by atoms with Crippen molar-refractivity contribution in [1.29, 1.82) is 0 Å². The van der Waals surface area contributed by atoms with E-state index in [1.165, 1.54) is 0 Å². The fraction of sp³-hybridized carbons (Fsp3) is 1.00. The van der Waals surface area contributed by atoms with E-state index in [0.29, 0.717) is 26.6 Å². The van der Waals surface area contributed by atoms with Crippen molar-refractivity contribution in [3.8, 4) is 0 Å². The maximum absolute atomic E-state index is 10.2. The Kier molecular flexibility index (Phi) is 11.1. The van der Waals surface area contributed by atoms with Crippen molar-refractivity contribution in [2.45, 2.75) is 12.0 Å². The minimum atomic E-state index is -5.45. The van der Waals surface area contributed by atoms with E-state index in [1.54, 1.807) is 0 Å². The predicted octanol–water partition coefficient (Wildman–Crippen LogP) is -4.78. The number of aliphatic hydroxyl groups is 4. The summed E-state index contributed by atoms with van der Waals surface area (Å²) in [5, 5.41) is 30.7. The zero-order valence-electron chi connectivity index (χ0n) is 11.5. The quantitative estimate of drug-likeness (QED) is 0.195. The van der Waals surface area contributed by atoms with Crippen LogP contribution in [0, 0.1) is 0 Å². The molecule has 0 saturated heterocycles. The topological polar surface area (TPSA) is 203 Å². The van der Waals surface area contributed by atoms with Gasteiger partial charge in [-0.15, -0.1) is 0 Å². The summed E-state index contributed by atoms with van der Waals surface area (Å²) in [4.78, 5) is 35.7. The molecular weight excluding hydrogens is 332 g/mol. The lowest BCUT2D eigenvalue weighted by molar-refractivity contribution is -0.901. The zero-order chi connectivity index (χ0) is 17.3. The molecule has 0 aliphatic carbocycles. The van der Waals surface area contributed by atoms with Crippen LogP contribution >= 0.6 is 15.2 Å². The van der Waals surface area contributed by atoms with E-state index in [4.69, 9.17) is 35.1 Å². The van der Waals surface area contributed by atoms with Crippen molar-refractivity contribution in [1.82, 2.24) is 0 Å². The van der Waals surface area contributed by atoms with Crippen molar-refractivity contribution in [3.05, 3.63) is 0 Å². The summed E-state index contributed by atoms with van der Waals surface area (Å²) >= 11 is 0. The fourth-order valence-electron chi connectivity index (χ4n) is 1.01. The highest BCUT2D eigenvalue weighted by Gasteiger charge is 2.48. The second kappa shape index (κ2) is 9.98. The van der Waals surface area contributed by atoms with Crippen LogP contribution in [0.5, 0.6) is 0 Å². The summed E-state index contributed by atoms with van der Waals surface area (Å²) in [7, 11) is -10.7. The monoisotopic (exact) mass is 355 g/mol. The Labute approximate surface area is 121 Å². The van der Waals surface area contributed by atoms with Crippen LogP contribution < -0.4 is 9.79 Å². The van der Waals surface area contributed by atoms with Gasteiger partial charge in [-0.25, -0.2) is 0 Å². The molecule has 0 spiro atoms. The smallest absolute Gasteiger partial charge is 0.365 e. The van der Waals surface area contributed by atoms with Gasteiger partial charge in [0.1, 0.15) is 19.6 Å². The maximum Gasteiger partial charge on any atom is 0.365 e. The van der Waals surface area contributed by atoms with Crippen LogP contribution in [-0.4, -0.2) is 79.6 Å². The van der Waals surface area contributed by atoms with Gasteiger partial charge in [-0.3, -0.25) is 4.57 Å². The summed E-state index contributed by atoms with van der Waals surface area (Å²) in [6.07, 6.45) is 0. The van der Waals surface area contributed by atoms with Crippen molar-refractivity contribution < 1.29 is 54.0 Å². The molecule has 0 bridgehead atoms. The molecule has 2 atom stereocenters. The standard InChI is InChI=1S/C6H15NO3.C2H8O7P2/c8-4-1-7(2-5-9)3-6-10;1-2(3,10(4,5)6)11(7,8)9/h8-10H,1-6H2;3H,1H3,(H2,4,5,6)(H2,7,8,9). The lowest BCUT2D eigenvalue weighted by Crippen LogP contribution is -3.13. The molecule has 0 aromatic carbocycles. The number of rotatable bonds is 8. The maximum atomic E-state index is 10.2. The van der Waals surface area contributed by atoms with Gasteiger partial charge < -0.3 is 49.5 Å². The Balaban J connectivity index is 0. The number of hydrogen-bond donors (Lipinski definition) is 8. The van der Waals surface area contributed by atoms with E-state index >= 15 is 0 Å². The molecular formula is C8H23NO10P2. The first-order valence-corrected chi connectivity index (χ1v) is 9.02. The van der Waals surface area contributed by atoms with Crippen LogP contribution in [0.25, 0.3) is 0 Å². The molecule has 0 saturated carbocycles. The van der Waals surface area contributed by atoms with Crippen LogP contribution in [0.3, 0.4) is 0 Å². The minimum absolute atomic E-state index is 0.106. The average Bonchev–Trinajstić information content (AvgIpc) is 2.28. The predicted molar refractivity (Wildman–Crippen MR) is 69.3 cm³/mol. The molecule has 0 amide bonds. The van der Waals surface area contributed by atoms with Gasteiger partial charge in [0.15, 0.2) is 7.60 Å². The summed E-state index contributed by atoms with van der Waals surface area (Å²) in [6.45, 7) is 2.44. The average molecular weight is 355 g/mol. The molecule has 0 fully saturated rings. The normalized spacial score (nSPS) is 17.6. The lowest BCUT2D eigenvalue weighted by Gasteiger charge is -2.32. The van der Waals surface area contributed by atoms with Crippen LogP contribution in [0.2, 0.25) is 0 Å². The first kappa shape index (κ1) is 23.4. The Bertz CT molecular complexity index is 326. The zero-order valence-corrected chi connectivity index (χ0v) is 13.3. The highest BCUT2D eigenvalue weighted by molar-refractivity contribution is 7.71. The second-order valence-electron chi connectivity index (χ2n) is 4.21. The molecule has 2 unspecified atom stereocenters. The molecule has 0 aromatic rings. The molecule has 0 rings (SSSR count). The molecule has 11 nitrogen and oxygen atoms in total. The Morgan fingerprint density at radius 1 is 0.952 bits per heavy atom.